The van der Waals surface area contributed by atoms with E-state index < -0.39 is 0 Å². The molecule has 1 heterocycles. The minimum atomic E-state index is 0.281. The molecule has 1 aromatic heterocycles. The second kappa shape index (κ2) is 5.41. The summed E-state index contributed by atoms with van der Waals surface area (Å²) in [5.41, 5.74) is 7.93. The van der Waals surface area contributed by atoms with E-state index in [-0.39, 0.29) is 5.92 Å². The Morgan fingerprint density at radius 2 is 1.58 bits per heavy atom. The normalized spacial score (nSPS) is 15.8. The second-order valence-corrected chi connectivity index (χ2v) is 6.54. The van der Waals surface area contributed by atoms with Gasteiger partial charge in [-0.25, -0.2) is 0 Å². The molecular formula is C20H20N4. The van der Waals surface area contributed by atoms with Crippen LogP contribution in [0.3, 0.4) is 0 Å². The number of hydrogen-bond acceptors (Lipinski definition) is 3. The molecule has 0 aliphatic heterocycles. The van der Waals surface area contributed by atoms with E-state index in [0.717, 1.165) is 5.56 Å². The van der Waals surface area contributed by atoms with Crippen LogP contribution < -0.4 is 0 Å². The zero-order valence-electron chi connectivity index (χ0n) is 14.4. The van der Waals surface area contributed by atoms with E-state index in [1.807, 2.05) is 0 Å². The van der Waals surface area contributed by atoms with Crippen LogP contribution in [0.1, 0.15) is 39.2 Å². The van der Waals surface area contributed by atoms with Crippen molar-refractivity contribution in [3.05, 3.63) is 64.3 Å². The number of fused-ring (bicyclic) bond motifs is 1. The lowest BCUT2D eigenvalue weighted by Crippen LogP contribution is -2.03. The quantitative estimate of drug-likeness (QED) is 0.739. The SMILES string of the molecule is CC1=C(C)C(c2ccc3ccccc3c2-c2nn[nH]n2)C(C)=C1C. The van der Waals surface area contributed by atoms with Crippen molar-refractivity contribution in [3.8, 4) is 11.4 Å². The molecule has 0 fully saturated rings. The van der Waals surface area contributed by atoms with Crippen LogP contribution in [-0.2, 0) is 0 Å². The molecule has 3 aromatic rings. The van der Waals surface area contributed by atoms with E-state index in [4.69, 9.17) is 0 Å². The van der Waals surface area contributed by atoms with Crippen molar-refractivity contribution >= 4 is 10.8 Å². The van der Waals surface area contributed by atoms with Crippen molar-refractivity contribution in [2.75, 3.05) is 0 Å². The third-order valence-electron chi connectivity index (χ3n) is 5.45. The molecule has 1 N–H and O–H groups in total. The van der Waals surface area contributed by atoms with Gasteiger partial charge in [0.05, 0.1) is 0 Å². The van der Waals surface area contributed by atoms with Gasteiger partial charge in [0.1, 0.15) is 0 Å². The fourth-order valence-corrected chi connectivity index (χ4v) is 3.86. The molecule has 1 aliphatic carbocycles. The Morgan fingerprint density at radius 1 is 0.875 bits per heavy atom. The molecule has 1 aliphatic rings. The van der Waals surface area contributed by atoms with Crippen molar-refractivity contribution in [1.29, 1.82) is 0 Å². The molecule has 24 heavy (non-hydrogen) atoms. The zero-order chi connectivity index (χ0) is 16.8. The van der Waals surface area contributed by atoms with Crippen molar-refractivity contribution in [1.82, 2.24) is 20.6 Å². The van der Waals surface area contributed by atoms with Crippen LogP contribution in [0.15, 0.2) is 58.7 Å². The van der Waals surface area contributed by atoms with E-state index in [9.17, 15) is 0 Å². The van der Waals surface area contributed by atoms with Crippen molar-refractivity contribution < 1.29 is 0 Å². The molecule has 4 rings (SSSR count). The van der Waals surface area contributed by atoms with Crippen LogP contribution in [-0.4, -0.2) is 20.6 Å². The minimum absolute atomic E-state index is 0.281. The Labute approximate surface area is 141 Å². The summed E-state index contributed by atoms with van der Waals surface area (Å²) in [6, 6.07) is 12.8. The number of nitrogens with zero attached hydrogens (tertiary/aromatic N) is 3. The number of H-pyrrole nitrogens is 1. The highest BCUT2D eigenvalue weighted by Gasteiger charge is 2.29. The summed E-state index contributed by atoms with van der Waals surface area (Å²) in [6.45, 7) is 8.89. The van der Waals surface area contributed by atoms with E-state index in [0.29, 0.717) is 5.82 Å². The van der Waals surface area contributed by atoms with Gasteiger partial charge >= 0.3 is 0 Å². The lowest BCUT2D eigenvalue weighted by molar-refractivity contribution is 0.881. The van der Waals surface area contributed by atoms with E-state index in [1.165, 1.54) is 38.6 Å². The Balaban J connectivity index is 2.06. The highest BCUT2D eigenvalue weighted by molar-refractivity contribution is 5.97. The molecule has 0 atom stereocenters. The Bertz CT molecular complexity index is 970. The molecule has 120 valence electrons. The van der Waals surface area contributed by atoms with Gasteiger partial charge in [-0.2, -0.15) is 5.21 Å². The molecule has 0 unspecified atom stereocenters. The van der Waals surface area contributed by atoms with Gasteiger partial charge in [0.25, 0.3) is 0 Å². The first kappa shape index (κ1) is 14.8. The molecule has 0 saturated carbocycles. The summed E-state index contributed by atoms with van der Waals surface area (Å²) in [7, 11) is 0. The monoisotopic (exact) mass is 316 g/mol. The zero-order valence-corrected chi connectivity index (χ0v) is 14.4. The van der Waals surface area contributed by atoms with Gasteiger partial charge in [0.15, 0.2) is 0 Å². The first-order valence-corrected chi connectivity index (χ1v) is 8.20. The van der Waals surface area contributed by atoms with E-state index in [2.05, 4.69) is 84.7 Å². The van der Waals surface area contributed by atoms with Gasteiger partial charge in [-0.15, -0.1) is 10.2 Å². The first-order chi connectivity index (χ1) is 11.6. The Kier molecular flexibility index (Phi) is 3.34. The average Bonchev–Trinajstić information content (AvgIpc) is 3.19. The fraction of sp³-hybridized carbons (Fsp3) is 0.250. The second-order valence-electron chi connectivity index (χ2n) is 6.54. The van der Waals surface area contributed by atoms with Gasteiger partial charge in [-0.1, -0.05) is 47.5 Å². The number of hydrogen-bond donors (Lipinski definition) is 1. The van der Waals surface area contributed by atoms with Crippen LogP contribution in [0.4, 0.5) is 0 Å². The fourth-order valence-electron chi connectivity index (χ4n) is 3.86. The van der Waals surface area contributed by atoms with Crippen LogP contribution >= 0.6 is 0 Å². The Morgan fingerprint density at radius 3 is 2.25 bits per heavy atom. The van der Waals surface area contributed by atoms with Crippen molar-refractivity contribution in [2.45, 2.75) is 33.6 Å². The third-order valence-corrected chi connectivity index (χ3v) is 5.45. The van der Waals surface area contributed by atoms with Crippen LogP contribution in [0.2, 0.25) is 0 Å². The lowest BCUT2D eigenvalue weighted by Gasteiger charge is -2.20. The highest BCUT2D eigenvalue weighted by atomic mass is 15.5. The molecule has 2 aromatic carbocycles. The molecule has 4 heteroatoms. The van der Waals surface area contributed by atoms with Crippen LogP contribution in [0.5, 0.6) is 0 Å². The average molecular weight is 316 g/mol. The number of aromatic nitrogens is 4. The molecule has 0 bridgehead atoms. The summed E-state index contributed by atoms with van der Waals surface area (Å²) in [5, 5.41) is 17.3. The highest BCUT2D eigenvalue weighted by Crippen LogP contribution is 2.47. The maximum atomic E-state index is 4.28. The number of rotatable bonds is 2. The number of allylic oxidation sites excluding steroid dienone is 4. The maximum Gasteiger partial charge on any atom is 0.205 e. The van der Waals surface area contributed by atoms with Gasteiger partial charge < -0.3 is 0 Å². The van der Waals surface area contributed by atoms with Gasteiger partial charge in [-0.05, 0) is 60.4 Å². The molecule has 0 radical (unpaired) electrons. The standard InChI is InChI=1S/C20H20N4/c1-11-12(2)14(4)18(13(11)3)17-10-9-15-7-5-6-8-16(15)19(17)20-21-23-24-22-20/h5-10,18H,1-4H3,(H,21,22,23,24). The minimum Gasteiger partial charge on any atom is -0.177 e. The smallest absolute Gasteiger partial charge is 0.177 e. The number of benzene rings is 2. The number of aromatic amines is 1. The topological polar surface area (TPSA) is 54.5 Å². The number of tetrazole rings is 1. The summed E-state index contributed by atoms with van der Waals surface area (Å²) in [4.78, 5) is 0. The predicted octanol–water partition coefficient (Wildman–Crippen LogP) is 4.79. The third kappa shape index (κ3) is 2.03. The predicted molar refractivity (Wildman–Crippen MR) is 96.6 cm³/mol. The summed E-state index contributed by atoms with van der Waals surface area (Å²) in [6.07, 6.45) is 0. The number of nitrogens with one attached hydrogen (secondary N) is 1. The molecular weight excluding hydrogens is 296 g/mol. The molecule has 0 amide bonds. The first-order valence-electron chi connectivity index (χ1n) is 8.20. The molecule has 4 nitrogen and oxygen atoms in total. The molecule has 0 saturated heterocycles. The van der Waals surface area contributed by atoms with Crippen molar-refractivity contribution in [2.24, 2.45) is 0 Å². The largest absolute Gasteiger partial charge is 0.205 e. The van der Waals surface area contributed by atoms with E-state index >= 15 is 0 Å². The molecule has 0 spiro atoms. The van der Waals surface area contributed by atoms with Gasteiger partial charge in [0, 0.05) is 11.5 Å². The summed E-state index contributed by atoms with van der Waals surface area (Å²) in [5.74, 6) is 0.938. The van der Waals surface area contributed by atoms with Crippen molar-refractivity contribution in [3.63, 3.8) is 0 Å². The summed E-state index contributed by atoms with van der Waals surface area (Å²) >= 11 is 0. The van der Waals surface area contributed by atoms with Gasteiger partial charge in [-0.3, -0.25) is 0 Å². The van der Waals surface area contributed by atoms with Crippen LogP contribution in [0, 0.1) is 0 Å². The van der Waals surface area contributed by atoms with Gasteiger partial charge in [0.2, 0.25) is 5.82 Å². The van der Waals surface area contributed by atoms with Crippen LogP contribution in [0.25, 0.3) is 22.2 Å². The maximum absolute atomic E-state index is 4.28. The Hall–Kier alpha value is -2.75. The lowest BCUT2D eigenvalue weighted by atomic mass is 9.83. The summed E-state index contributed by atoms with van der Waals surface area (Å²) < 4.78 is 0. The van der Waals surface area contributed by atoms with E-state index in [1.54, 1.807) is 0 Å².